The van der Waals surface area contributed by atoms with E-state index in [-0.39, 0.29) is 12.1 Å². The molecule has 0 aromatic carbocycles. The van der Waals surface area contributed by atoms with Crippen LogP contribution in [0.3, 0.4) is 0 Å². The lowest BCUT2D eigenvalue weighted by Crippen LogP contribution is -2.30. The van der Waals surface area contributed by atoms with E-state index < -0.39 is 0 Å². The van der Waals surface area contributed by atoms with Crippen LogP contribution in [0, 0.1) is 0 Å². The lowest BCUT2D eigenvalue weighted by atomic mass is 10.2. The summed E-state index contributed by atoms with van der Waals surface area (Å²) in [7, 11) is 1.91. The zero-order chi connectivity index (χ0) is 12.3. The predicted molar refractivity (Wildman–Crippen MR) is 65.2 cm³/mol. The average molecular weight is 236 g/mol. The van der Waals surface area contributed by atoms with Crippen LogP contribution in [-0.2, 0) is 11.8 Å². The van der Waals surface area contributed by atoms with Crippen molar-refractivity contribution in [2.75, 3.05) is 13.1 Å². The number of hydrogen-bond acceptors (Lipinski definition) is 3. The lowest BCUT2D eigenvalue weighted by molar-refractivity contribution is -0.118. The van der Waals surface area contributed by atoms with Gasteiger partial charge in [-0.3, -0.25) is 14.4 Å². The van der Waals surface area contributed by atoms with E-state index in [1.807, 2.05) is 17.8 Å². The SMILES string of the molecule is CCCCCN1CC(=O)N[C@H]1c1ccnn1C. The van der Waals surface area contributed by atoms with E-state index >= 15 is 0 Å². The number of carbonyl (C=O) groups excluding carboxylic acids is 1. The topological polar surface area (TPSA) is 50.2 Å². The molecular formula is C12H20N4O. The van der Waals surface area contributed by atoms with Gasteiger partial charge < -0.3 is 5.32 Å². The number of aromatic nitrogens is 2. The van der Waals surface area contributed by atoms with Crippen LogP contribution >= 0.6 is 0 Å². The summed E-state index contributed by atoms with van der Waals surface area (Å²) >= 11 is 0. The van der Waals surface area contributed by atoms with Gasteiger partial charge in [-0.1, -0.05) is 19.8 Å². The second-order valence-corrected chi connectivity index (χ2v) is 4.53. The standard InChI is InChI=1S/C12H20N4O/c1-3-4-5-8-16-9-11(17)14-12(16)10-6-7-13-15(10)2/h6-7,12H,3-5,8-9H2,1-2H3,(H,14,17)/t12-/m1/s1. The van der Waals surface area contributed by atoms with Gasteiger partial charge in [-0.2, -0.15) is 5.10 Å². The Morgan fingerprint density at radius 3 is 3.00 bits per heavy atom. The Labute approximate surface area is 102 Å². The highest BCUT2D eigenvalue weighted by Crippen LogP contribution is 2.21. The smallest absolute Gasteiger partial charge is 0.235 e. The third-order valence-corrected chi connectivity index (χ3v) is 3.20. The first-order valence-electron chi connectivity index (χ1n) is 6.23. The van der Waals surface area contributed by atoms with Gasteiger partial charge in [0.15, 0.2) is 0 Å². The molecule has 1 aromatic heterocycles. The van der Waals surface area contributed by atoms with E-state index in [0.717, 1.165) is 18.7 Å². The molecule has 2 rings (SSSR count). The number of nitrogens with one attached hydrogen (secondary N) is 1. The average Bonchev–Trinajstić information content (AvgIpc) is 2.85. The summed E-state index contributed by atoms with van der Waals surface area (Å²) in [6.07, 6.45) is 5.31. The van der Waals surface area contributed by atoms with Crippen LogP contribution in [0.4, 0.5) is 0 Å². The fourth-order valence-electron chi connectivity index (χ4n) is 2.25. The third-order valence-electron chi connectivity index (χ3n) is 3.20. The summed E-state index contributed by atoms with van der Waals surface area (Å²) in [5.74, 6) is 0.104. The molecule has 5 heteroatoms. The molecule has 17 heavy (non-hydrogen) atoms. The molecule has 0 saturated carbocycles. The van der Waals surface area contributed by atoms with Crippen LogP contribution in [0.2, 0.25) is 0 Å². The first-order valence-corrected chi connectivity index (χ1v) is 6.23. The second-order valence-electron chi connectivity index (χ2n) is 4.53. The summed E-state index contributed by atoms with van der Waals surface area (Å²) in [4.78, 5) is 13.7. The Morgan fingerprint density at radius 1 is 1.53 bits per heavy atom. The van der Waals surface area contributed by atoms with Crippen molar-refractivity contribution in [3.63, 3.8) is 0 Å². The van der Waals surface area contributed by atoms with Crippen LogP contribution < -0.4 is 5.32 Å². The zero-order valence-electron chi connectivity index (χ0n) is 10.5. The minimum Gasteiger partial charge on any atom is -0.334 e. The quantitative estimate of drug-likeness (QED) is 0.777. The molecule has 1 fully saturated rings. The largest absolute Gasteiger partial charge is 0.334 e. The van der Waals surface area contributed by atoms with Gasteiger partial charge in [0, 0.05) is 19.8 Å². The molecule has 0 aliphatic carbocycles. The molecule has 1 aliphatic heterocycles. The van der Waals surface area contributed by atoms with Crippen molar-refractivity contribution in [1.29, 1.82) is 0 Å². The van der Waals surface area contributed by atoms with Gasteiger partial charge in [-0.05, 0) is 12.5 Å². The van der Waals surface area contributed by atoms with Crippen molar-refractivity contribution in [3.05, 3.63) is 18.0 Å². The summed E-state index contributed by atoms with van der Waals surface area (Å²) in [6, 6.07) is 1.96. The molecule has 1 atom stereocenters. The fourth-order valence-corrected chi connectivity index (χ4v) is 2.25. The molecule has 1 saturated heterocycles. The number of amides is 1. The maximum atomic E-state index is 11.5. The second kappa shape index (κ2) is 5.31. The van der Waals surface area contributed by atoms with Gasteiger partial charge in [0.1, 0.15) is 6.17 Å². The molecule has 5 nitrogen and oxygen atoms in total. The van der Waals surface area contributed by atoms with Crippen LogP contribution in [0.25, 0.3) is 0 Å². The van der Waals surface area contributed by atoms with Crippen LogP contribution in [0.1, 0.15) is 38.0 Å². The minimum absolute atomic E-state index is 0.00754. The van der Waals surface area contributed by atoms with Crippen molar-refractivity contribution < 1.29 is 4.79 Å². The van der Waals surface area contributed by atoms with Crippen molar-refractivity contribution in [3.8, 4) is 0 Å². The van der Waals surface area contributed by atoms with Crippen molar-refractivity contribution in [1.82, 2.24) is 20.0 Å². The van der Waals surface area contributed by atoms with Gasteiger partial charge in [0.05, 0.1) is 12.2 Å². The summed E-state index contributed by atoms with van der Waals surface area (Å²) < 4.78 is 1.82. The van der Waals surface area contributed by atoms with Crippen molar-refractivity contribution in [2.45, 2.75) is 32.4 Å². The van der Waals surface area contributed by atoms with Crippen molar-refractivity contribution >= 4 is 5.91 Å². The third kappa shape index (κ3) is 2.66. The number of carbonyl (C=O) groups is 1. The van der Waals surface area contributed by atoms with E-state index in [9.17, 15) is 4.79 Å². The molecule has 0 radical (unpaired) electrons. The van der Waals surface area contributed by atoms with Crippen LogP contribution in [0.15, 0.2) is 12.3 Å². The number of unbranched alkanes of at least 4 members (excludes halogenated alkanes) is 2. The van der Waals surface area contributed by atoms with E-state index in [0.29, 0.717) is 6.54 Å². The van der Waals surface area contributed by atoms with Gasteiger partial charge in [0.2, 0.25) is 5.91 Å². The highest BCUT2D eigenvalue weighted by atomic mass is 16.2. The number of aryl methyl sites for hydroxylation is 1. The van der Waals surface area contributed by atoms with E-state index in [4.69, 9.17) is 0 Å². The Morgan fingerprint density at radius 2 is 2.35 bits per heavy atom. The van der Waals surface area contributed by atoms with Gasteiger partial charge in [-0.15, -0.1) is 0 Å². The Kier molecular flexibility index (Phi) is 3.78. The van der Waals surface area contributed by atoms with E-state index in [2.05, 4.69) is 22.2 Å². The first-order chi connectivity index (χ1) is 8.22. The van der Waals surface area contributed by atoms with Gasteiger partial charge >= 0.3 is 0 Å². The van der Waals surface area contributed by atoms with E-state index in [1.54, 1.807) is 6.20 Å². The fraction of sp³-hybridized carbons (Fsp3) is 0.667. The molecule has 1 N–H and O–H groups in total. The molecule has 0 spiro atoms. The van der Waals surface area contributed by atoms with Gasteiger partial charge in [-0.25, -0.2) is 0 Å². The summed E-state index contributed by atoms with van der Waals surface area (Å²) in [5.41, 5.74) is 1.05. The molecule has 94 valence electrons. The summed E-state index contributed by atoms with van der Waals surface area (Å²) in [6.45, 7) is 3.65. The molecule has 1 amide bonds. The van der Waals surface area contributed by atoms with Gasteiger partial charge in [0.25, 0.3) is 0 Å². The van der Waals surface area contributed by atoms with E-state index in [1.165, 1.54) is 12.8 Å². The normalized spacial score (nSPS) is 20.8. The highest BCUT2D eigenvalue weighted by Gasteiger charge is 2.31. The monoisotopic (exact) mass is 236 g/mol. The molecule has 2 heterocycles. The molecule has 1 aliphatic rings. The maximum Gasteiger partial charge on any atom is 0.235 e. The maximum absolute atomic E-state index is 11.5. The molecule has 0 unspecified atom stereocenters. The number of hydrogen-bond donors (Lipinski definition) is 1. The number of rotatable bonds is 5. The lowest BCUT2D eigenvalue weighted by Gasteiger charge is -2.22. The molecular weight excluding hydrogens is 216 g/mol. The Balaban J connectivity index is 2.04. The minimum atomic E-state index is -0.00754. The zero-order valence-corrected chi connectivity index (χ0v) is 10.5. The highest BCUT2D eigenvalue weighted by molar-refractivity contribution is 5.80. The predicted octanol–water partition coefficient (Wildman–Crippen LogP) is 1.04. The van der Waals surface area contributed by atoms with Crippen molar-refractivity contribution in [2.24, 2.45) is 7.05 Å². The molecule has 0 bridgehead atoms. The summed E-state index contributed by atoms with van der Waals surface area (Å²) in [5, 5.41) is 7.16. The number of nitrogens with zero attached hydrogens (tertiary/aromatic N) is 3. The van der Waals surface area contributed by atoms with Crippen LogP contribution in [-0.4, -0.2) is 33.7 Å². The Bertz CT molecular complexity index is 388. The Hall–Kier alpha value is -1.36. The molecule has 1 aromatic rings. The van der Waals surface area contributed by atoms with Crippen LogP contribution in [0.5, 0.6) is 0 Å². The first kappa shape index (κ1) is 12.1.